The van der Waals surface area contributed by atoms with Crippen LogP contribution in [-0.4, -0.2) is 24.7 Å². The molecule has 100 valence electrons. The predicted molar refractivity (Wildman–Crippen MR) is 62.8 cm³/mol. The van der Waals surface area contributed by atoms with Crippen LogP contribution in [0.1, 0.15) is 13.3 Å². The van der Waals surface area contributed by atoms with Gasteiger partial charge in [0.2, 0.25) is 0 Å². The van der Waals surface area contributed by atoms with Gasteiger partial charge in [-0.3, -0.25) is 4.79 Å². The highest BCUT2D eigenvalue weighted by Crippen LogP contribution is 2.24. The SMILES string of the molecule is COc1cc(F)c(NCC(C)CC(=O)O)cc1F. The summed E-state index contributed by atoms with van der Waals surface area (Å²) in [5.74, 6) is -2.60. The topological polar surface area (TPSA) is 58.6 Å². The van der Waals surface area contributed by atoms with E-state index in [-0.39, 0.29) is 30.3 Å². The van der Waals surface area contributed by atoms with Crippen LogP contribution in [0.4, 0.5) is 14.5 Å². The van der Waals surface area contributed by atoms with Crippen LogP contribution in [0.15, 0.2) is 12.1 Å². The minimum Gasteiger partial charge on any atom is -0.494 e. The van der Waals surface area contributed by atoms with Crippen molar-refractivity contribution in [3.05, 3.63) is 23.8 Å². The standard InChI is InChI=1S/C12H15F2NO3/c1-7(3-12(16)17)6-15-10-4-9(14)11(18-2)5-8(10)13/h4-5,7,15H,3,6H2,1-2H3,(H,16,17). The molecule has 0 aliphatic heterocycles. The Bertz CT molecular complexity index is 438. The molecule has 2 N–H and O–H groups in total. The lowest BCUT2D eigenvalue weighted by Gasteiger charge is -2.13. The molecule has 6 heteroatoms. The first-order valence-electron chi connectivity index (χ1n) is 5.42. The van der Waals surface area contributed by atoms with E-state index in [4.69, 9.17) is 5.11 Å². The fourth-order valence-corrected chi connectivity index (χ4v) is 1.47. The summed E-state index contributed by atoms with van der Waals surface area (Å²) >= 11 is 0. The Morgan fingerprint density at radius 3 is 2.67 bits per heavy atom. The molecule has 0 radical (unpaired) electrons. The number of hydrogen-bond donors (Lipinski definition) is 2. The highest BCUT2D eigenvalue weighted by atomic mass is 19.1. The summed E-state index contributed by atoms with van der Waals surface area (Å²) in [5, 5.41) is 11.2. The third-order valence-corrected chi connectivity index (χ3v) is 2.41. The Kier molecular flexibility index (Phi) is 4.88. The quantitative estimate of drug-likeness (QED) is 0.824. The normalized spacial score (nSPS) is 12.0. The number of carboxylic acids is 1. The Labute approximate surface area is 104 Å². The van der Waals surface area contributed by atoms with E-state index in [2.05, 4.69) is 10.1 Å². The molecule has 0 amide bonds. The fraction of sp³-hybridized carbons (Fsp3) is 0.417. The fourth-order valence-electron chi connectivity index (χ4n) is 1.47. The van der Waals surface area contributed by atoms with E-state index in [1.165, 1.54) is 7.11 Å². The molecule has 1 aromatic rings. The van der Waals surface area contributed by atoms with Crippen LogP contribution in [0.25, 0.3) is 0 Å². The summed E-state index contributed by atoms with van der Waals surface area (Å²) in [6, 6.07) is 1.93. The number of carbonyl (C=O) groups is 1. The number of aliphatic carboxylic acids is 1. The highest BCUT2D eigenvalue weighted by Gasteiger charge is 2.12. The van der Waals surface area contributed by atoms with Gasteiger partial charge in [0.1, 0.15) is 5.82 Å². The average Bonchev–Trinajstić information content (AvgIpc) is 2.28. The van der Waals surface area contributed by atoms with Gasteiger partial charge in [0.15, 0.2) is 11.6 Å². The smallest absolute Gasteiger partial charge is 0.303 e. The maximum atomic E-state index is 13.5. The third kappa shape index (κ3) is 3.87. The van der Waals surface area contributed by atoms with Gasteiger partial charge in [-0.25, -0.2) is 8.78 Å². The van der Waals surface area contributed by atoms with E-state index < -0.39 is 17.6 Å². The number of methoxy groups -OCH3 is 1. The third-order valence-electron chi connectivity index (χ3n) is 2.41. The number of anilines is 1. The molecule has 1 unspecified atom stereocenters. The molecule has 0 spiro atoms. The summed E-state index contributed by atoms with van der Waals surface area (Å²) in [7, 11) is 1.25. The summed E-state index contributed by atoms with van der Waals surface area (Å²) < 4.78 is 31.5. The van der Waals surface area contributed by atoms with E-state index in [1.54, 1.807) is 6.92 Å². The lowest BCUT2D eigenvalue weighted by molar-refractivity contribution is -0.137. The Balaban J connectivity index is 2.68. The van der Waals surface area contributed by atoms with Crippen LogP contribution in [0, 0.1) is 17.6 Å². The summed E-state index contributed by atoms with van der Waals surface area (Å²) in [5.41, 5.74) is -0.00876. The molecule has 0 aliphatic rings. The lowest BCUT2D eigenvalue weighted by atomic mass is 10.1. The van der Waals surface area contributed by atoms with Gasteiger partial charge in [-0.15, -0.1) is 0 Å². The predicted octanol–water partition coefficient (Wildman–Crippen LogP) is 2.50. The molecule has 0 saturated heterocycles. The van der Waals surface area contributed by atoms with Crippen molar-refractivity contribution in [3.8, 4) is 5.75 Å². The second-order valence-electron chi connectivity index (χ2n) is 4.05. The molecular formula is C12H15F2NO3. The van der Waals surface area contributed by atoms with E-state index in [9.17, 15) is 13.6 Å². The van der Waals surface area contributed by atoms with Crippen molar-refractivity contribution in [2.24, 2.45) is 5.92 Å². The molecular weight excluding hydrogens is 244 g/mol. The number of ether oxygens (including phenoxy) is 1. The van der Waals surface area contributed by atoms with E-state index in [0.717, 1.165) is 12.1 Å². The molecule has 0 fully saturated rings. The molecule has 0 heterocycles. The minimum atomic E-state index is -0.925. The molecule has 18 heavy (non-hydrogen) atoms. The maximum Gasteiger partial charge on any atom is 0.303 e. The highest BCUT2D eigenvalue weighted by molar-refractivity contribution is 5.67. The van der Waals surface area contributed by atoms with Crippen molar-refractivity contribution in [2.75, 3.05) is 19.0 Å². The van der Waals surface area contributed by atoms with Gasteiger partial charge >= 0.3 is 5.97 Å². The molecule has 1 aromatic carbocycles. The molecule has 0 aromatic heterocycles. The Morgan fingerprint density at radius 1 is 1.44 bits per heavy atom. The van der Waals surface area contributed by atoms with Crippen molar-refractivity contribution in [2.45, 2.75) is 13.3 Å². The van der Waals surface area contributed by atoms with E-state index in [0.29, 0.717) is 0 Å². The van der Waals surface area contributed by atoms with Crippen LogP contribution in [-0.2, 0) is 4.79 Å². The van der Waals surface area contributed by atoms with Crippen LogP contribution in [0.2, 0.25) is 0 Å². The van der Waals surface area contributed by atoms with Gasteiger partial charge < -0.3 is 15.2 Å². The van der Waals surface area contributed by atoms with Gasteiger partial charge in [0.25, 0.3) is 0 Å². The largest absolute Gasteiger partial charge is 0.494 e. The first-order chi connectivity index (χ1) is 8.43. The van der Waals surface area contributed by atoms with Crippen LogP contribution >= 0.6 is 0 Å². The first kappa shape index (κ1) is 14.2. The summed E-state index contributed by atoms with van der Waals surface area (Å²) in [4.78, 5) is 10.4. The van der Waals surface area contributed by atoms with Crippen molar-refractivity contribution in [3.63, 3.8) is 0 Å². The van der Waals surface area contributed by atoms with Crippen LogP contribution in [0.3, 0.4) is 0 Å². The molecule has 0 bridgehead atoms. The van der Waals surface area contributed by atoms with Gasteiger partial charge in [-0.05, 0) is 5.92 Å². The Hall–Kier alpha value is -1.85. The number of halogens is 2. The van der Waals surface area contributed by atoms with Gasteiger partial charge in [0, 0.05) is 25.1 Å². The van der Waals surface area contributed by atoms with E-state index in [1.807, 2.05) is 0 Å². The number of carboxylic acid groups (broad SMARTS) is 1. The second kappa shape index (κ2) is 6.18. The van der Waals surface area contributed by atoms with Crippen molar-refractivity contribution in [1.29, 1.82) is 0 Å². The van der Waals surface area contributed by atoms with Crippen molar-refractivity contribution < 1.29 is 23.4 Å². The molecule has 4 nitrogen and oxygen atoms in total. The summed E-state index contributed by atoms with van der Waals surface area (Å²) in [6.07, 6.45) is -0.0345. The Morgan fingerprint density at radius 2 is 2.11 bits per heavy atom. The molecule has 0 aliphatic carbocycles. The molecule has 1 rings (SSSR count). The second-order valence-corrected chi connectivity index (χ2v) is 4.05. The van der Waals surface area contributed by atoms with Crippen molar-refractivity contribution in [1.82, 2.24) is 0 Å². The maximum absolute atomic E-state index is 13.5. The molecule has 0 saturated carbocycles. The zero-order chi connectivity index (χ0) is 13.7. The van der Waals surface area contributed by atoms with Crippen LogP contribution in [0.5, 0.6) is 5.75 Å². The van der Waals surface area contributed by atoms with Crippen molar-refractivity contribution >= 4 is 11.7 Å². The average molecular weight is 259 g/mol. The lowest BCUT2D eigenvalue weighted by Crippen LogP contribution is -2.15. The zero-order valence-corrected chi connectivity index (χ0v) is 10.2. The number of rotatable bonds is 6. The first-order valence-corrected chi connectivity index (χ1v) is 5.42. The van der Waals surface area contributed by atoms with Gasteiger partial charge in [-0.2, -0.15) is 0 Å². The molecule has 1 atom stereocenters. The number of benzene rings is 1. The zero-order valence-electron chi connectivity index (χ0n) is 10.2. The summed E-state index contributed by atoms with van der Waals surface area (Å²) in [6.45, 7) is 1.95. The monoisotopic (exact) mass is 259 g/mol. The number of nitrogens with one attached hydrogen (secondary N) is 1. The number of hydrogen-bond acceptors (Lipinski definition) is 3. The van der Waals surface area contributed by atoms with Gasteiger partial charge in [0.05, 0.1) is 12.8 Å². The van der Waals surface area contributed by atoms with E-state index >= 15 is 0 Å². The minimum absolute atomic E-state index is 0.00876. The van der Waals surface area contributed by atoms with Gasteiger partial charge in [-0.1, -0.05) is 6.92 Å². The van der Waals surface area contributed by atoms with Crippen LogP contribution < -0.4 is 10.1 Å².